The van der Waals surface area contributed by atoms with E-state index in [1.165, 1.54) is 23.5 Å². The van der Waals surface area contributed by atoms with Gasteiger partial charge in [0.15, 0.2) is 0 Å². The van der Waals surface area contributed by atoms with Gasteiger partial charge in [-0.05, 0) is 57.4 Å². The Morgan fingerprint density at radius 1 is 1.02 bits per heavy atom. The molecule has 1 aromatic heterocycles. The lowest BCUT2D eigenvalue weighted by atomic mass is 10.1. The second-order valence-corrected chi connectivity index (χ2v) is 14.1. The molecule has 48 heavy (non-hydrogen) atoms. The summed E-state index contributed by atoms with van der Waals surface area (Å²) < 4.78 is 40.6. The fourth-order valence-electron chi connectivity index (χ4n) is 6.37. The van der Waals surface area contributed by atoms with Gasteiger partial charge >= 0.3 is 5.97 Å². The molecule has 2 aliphatic rings. The molecule has 0 bridgehead atoms. The number of amides is 2. The Bertz CT molecular complexity index is 1690. The lowest BCUT2D eigenvalue weighted by Crippen LogP contribution is -2.52. The molecule has 13 nitrogen and oxygen atoms in total. The number of ether oxygens (including phenoxy) is 2. The van der Waals surface area contributed by atoms with Crippen molar-refractivity contribution in [3.8, 4) is 0 Å². The van der Waals surface area contributed by atoms with Gasteiger partial charge in [0.2, 0.25) is 21.8 Å². The average molecular weight is 683 g/mol. The summed E-state index contributed by atoms with van der Waals surface area (Å²) in [4.78, 5) is 48.3. The normalized spacial score (nSPS) is 18.2. The molecule has 3 aromatic rings. The molecule has 2 atom stereocenters. The van der Waals surface area contributed by atoms with Crippen LogP contribution in [0.3, 0.4) is 0 Å². The molecule has 260 valence electrons. The van der Waals surface area contributed by atoms with Gasteiger partial charge in [-0.3, -0.25) is 14.5 Å². The van der Waals surface area contributed by atoms with E-state index in [9.17, 15) is 22.8 Å². The van der Waals surface area contributed by atoms with E-state index in [1.807, 2.05) is 32.0 Å². The number of sulfonamides is 1. The van der Waals surface area contributed by atoms with Gasteiger partial charge in [-0.2, -0.15) is 4.31 Å². The molecule has 0 aliphatic carbocycles. The smallest absolute Gasteiger partial charge is 0.328 e. The third kappa shape index (κ3) is 8.23. The summed E-state index contributed by atoms with van der Waals surface area (Å²) in [5.74, 6) is -0.419. The van der Waals surface area contributed by atoms with Crippen molar-refractivity contribution in [3.63, 3.8) is 0 Å². The maximum absolute atomic E-state index is 13.4. The molecule has 0 radical (unpaired) electrons. The maximum atomic E-state index is 13.4. The van der Waals surface area contributed by atoms with Crippen molar-refractivity contribution >= 4 is 38.8 Å². The second kappa shape index (κ2) is 16.0. The van der Waals surface area contributed by atoms with Gasteiger partial charge in [0, 0.05) is 52.3 Å². The molecule has 3 heterocycles. The number of esters is 1. The molecule has 1 N–H and O–H groups in total. The first-order valence-corrected chi connectivity index (χ1v) is 18.0. The number of imidazole rings is 1. The Morgan fingerprint density at radius 3 is 2.46 bits per heavy atom. The molecular formula is C34H46N6O7S. The third-order valence-corrected chi connectivity index (χ3v) is 11.0. The van der Waals surface area contributed by atoms with E-state index >= 15 is 0 Å². The molecule has 14 heteroatoms. The van der Waals surface area contributed by atoms with Crippen LogP contribution in [0.15, 0.2) is 53.4 Å². The number of carbonyl (C=O) groups excluding carboxylic acids is 3. The van der Waals surface area contributed by atoms with E-state index in [2.05, 4.69) is 20.9 Å². The van der Waals surface area contributed by atoms with Gasteiger partial charge in [-0.15, -0.1) is 0 Å². The molecule has 2 amide bonds. The number of fused-ring (bicyclic) bond motifs is 1. The highest BCUT2D eigenvalue weighted by atomic mass is 32.2. The van der Waals surface area contributed by atoms with Crippen LogP contribution in [0.25, 0.3) is 11.0 Å². The lowest BCUT2D eigenvalue weighted by Gasteiger charge is -2.35. The highest BCUT2D eigenvalue weighted by Crippen LogP contribution is 2.27. The number of aryl methyl sites for hydroxylation is 1. The Kier molecular flexibility index (Phi) is 11.8. The minimum atomic E-state index is -3.91. The zero-order valence-electron chi connectivity index (χ0n) is 28.0. The zero-order chi connectivity index (χ0) is 34.3. The first kappa shape index (κ1) is 35.5. The van der Waals surface area contributed by atoms with Gasteiger partial charge in [-0.25, -0.2) is 18.2 Å². The minimum Gasteiger partial charge on any atom is -0.467 e. The quantitative estimate of drug-likeness (QED) is 0.200. The van der Waals surface area contributed by atoms with Crippen molar-refractivity contribution in [3.05, 3.63) is 59.9 Å². The average Bonchev–Trinajstić information content (AvgIpc) is 3.73. The highest BCUT2D eigenvalue weighted by molar-refractivity contribution is 7.89. The van der Waals surface area contributed by atoms with Crippen LogP contribution in [0.4, 0.5) is 0 Å². The van der Waals surface area contributed by atoms with Crippen LogP contribution in [0.1, 0.15) is 44.0 Å². The molecule has 2 aliphatic heterocycles. The van der Waals surface area contributed by atoms with Crippen molar-refractivity contribution in [1.82, 2.24) is 29.0 Å². The van der Waals surface area contributed by atoms with Crippen molar-refractivity contribution in [2.24, 2.45) is 0 Å². The molecule has 2 fully saturated rings. The zero-order valence-corrected chi connectivity index (χ0v) is 28.8. The van der Waals surface area contributed by atoms with Crippen LogP contribution in [0.2, 0.25) is 0 Å². The molecule has 2 saturated heterocycles. The van der Waals surface area contributed by atoms with Gasteiger partial charge in [0.25, 0.3) is 0 Å². The lowest BCUT2D eigenvalue weighted by molar-refractivity contribution is -0.146. The summed E-state index contributed by atoms with van der Waals surface area (Å²) >= 11 is 0. The van der Waals surface area contributed by atoms with E-state index in [-0.39, 0.29) is 30.2 Å². The number of methoxy groups -OCH3 is 1. The summed E-state index contributed by atoms with van der Waals surface area (Å²) in [6.07, 6.45) is 0.918. The van der Waals surface area contributed by atoms with Gasteiger partial charge in [0.1, 0.15) is 17.9 Å². The van der Waals surface area contributed by atoms with Gasteiger partial charge in [0.05, 0.1) is 36.2 Å². The number of para-hydroxylation sites is 2. The molecule has 0 unspecified atom stereocenters. The highest BCUT2D eigenvalue weighted by Gasteiger charge is 2.40. The van der Waals surface area contributed by atoms with Crippen LogP contribution >= 0.6 is 0 Å². The first-order valence-electron chi connectivity index (χ1n) is 16.6. The second-order valence-electron chi connectivity index (χ2n) is 12.2. The largest absolute Gasteiger partial charge is 0.467 e. The fraction of sp³-hybridized carbons (Fsp3) is 0.529. The predicted molar refractivity (Wildman–Crippen MR) is 179 cm³/mol. The Balaban J connectivity index is 1.15. The molecule has 0 spiro atoms. The topological polar surface area (TPSA) is 143 Å². The third-order valence-electron chi connectivity index (χ3n) is 9.07. The SMILES string of the molecule is CCOCCn1c(CN2CCN(C(=O)CC[C@H](NC(=O)[C@@H]3CCCN3S(=O)(=O)c3ccc(C)cc3)C(=O)OC)CC2)nc2ccccc21. The first-order chi connectivity index (χ1) is 23.1. The van der Waals surface area contributed by atoms with Crippen molar-refractivity contribution in [1.29, 1.82) is 0 Å². The number of hydrogen-bond acceptors (Lipinski definition) is 9. The predicted octanol–water partition coefficient (Wildman–Crippen LogP) is 2.32. The van der Waals surface area contributed by atoms with Gasteiger partial charge < -0.3 is 24.3 Å². The van der Waals surface area contributed by atoms with E-state index in [4.69, 9.17) is 14.5 Å². The van der Waals surface area contributed by atoms with Crippen LogP contribution in [-0.2, 0) is 47.0 Å². The maximum Gasteiger partial charge on any atom is 0.328 e. The Morgan fingerprint density at radius 2 is 1.75 bits per heavy atom. The van der Waals surface area contributed by atoms with Crippen molar-refractivity contribution in [2.45, 2.75) is 69.6 Å². The number of benzene rings is 2. The van der Waals surface area contributed by atoms with E-state index in [0.717, 1.165) is 22.4 Å². The van der Waals surface area contributed by atoms with Crippen molar-refractivity contribution < 1.29 is 32.3 Å². The van der Waals surface area contributed by atoms with Crippen LogP contribution in [0, 0.1) is 6.92 Å². The number of hydrogen-bond donors (Lipinski definition) is 1. The Labute approximate surface area is 282 Å². The number of piperazine rings is 1. The number of nitrogens with zero attached hydrogens (tertiary/aromatic N) is 5. The number of carbonyl (C=O) groups is 3. The molecular weight excluding hydrogens is 636 g/mol. The van der Waals surface area contributed by atoms with Gasteiger partial charge in [-0.1, -0.05) is 29.8 Å². The minimum absolute atomic E-state index is 0.0311. The summed E-state index contributed by atoms with van der Waals surface area (Å²) in [6.45, 7) is 9.06. The summed E-state index contributed by atoms with van der Waals surface area (Å²) in [5.41, 5.74) is 2.94. The van der Waals surface area contributed by atoms with E-state index in [0.29, 0.717) is 65.3 Å². The van der Waals surface area contributed by atoms with E-state index < -0.39 is 34.0 Å². The fourth-order valence-corrected chi connectivity index (χ4v) is 8.03. The van der Waals surface area contributed by atoms with Crippen LogP contribution in [-0.4, -0.2) is 115 Å². The standard InChI is InChI=1S/C34H46N6O7S/c1-4-47-23-22-39-29-9-6-5-8-27(29)35-31(39)24-37-18-20-38(21-19-37)32(41)16-15-28(34(43)46-3)36-33(42)30-10-7-17-40(30)48(44,45)26-13-11-25(2)12-14-26/h5-6,8-9,11-14,28,30H,4,7,10,15-24H2,1-3H3,(H,36,42)/t28-,30-/m0/s1. The van der Waals surface area contributed by atoms with E-state index in [1.54, 1.807) is 17.0 Å². The summed E-state index contributed by atoms with van der Waals surface area (Å²) in [5, 5.41) is 2.68. The molecule has 2 aromatic carbocycles. The number of nitrogens with one attached hydrogen (secondary N) is 1. The van der Waals surface area contributed by atoms with Crippen molar-refractivity contribution in [2.75, 3.05) is 53.0 Å². The van der Waals surface area contributed by atoms with Crippen LogP contribution < -0.4 is 5.32 Å². The summed E-state index contributed by atoms with van der Waals surface area (Å²) in [7, 11) is -2.69. The number of rotatable bonds is 14. The summed E-state index contributed by atoms with van der Waals surface area (Å²) in [6, 6.07) is 12.5. The monoisotopic (exact) mass is 682 g/mol. The number of aromatic nitrogens is 2. The Hall–Kier alpha value is -3.85. The van der Waals surface area contributed by atoms with Crippen LogP contribution in [0.5, 0.6) is 0 Å². The molecule has 5 rings (SSSR count). The molecule has 0 saturated carbocycles.